The van der Waals surface area contributed by atoms with Gasteiger partial charge in [0.2, 0.25) is 11.8 Å². The van der Waals surface area contributed by atoms with Crippen LogP contribution >= 0.6 is 0 Å². The van der Waals surface area contributed by atoms with Crippen LogP contribution in [0.15, 0.2) is 34.3 Å². The number of nitrogens with one attached hydrogen (secondary N) is 4. The molecule has 362 valence electrons. The molecule has 8 aliphatic rings. The minimum absolute atomic E-state index is 0.0345. The summed E-state index contributed by atoms with van der Waals surface area (Å²) in [4.78, 5) is 31.6. The van der Waals surface area contributed by atoms with Crippen molar-refractivity contribution in [1.29, 1.82) is 0 Å². The van der Waals surface area contributed by atoms with E-state index in [1.54, 1.807) is 14.2 Å². The van der Waals surface area contributed by atoms with Crippen LogP contribution in [0.1, 0.15) is 69.7 Å². The Morgan fingerprint density at radius 1 is 0.632 bits per heavy atom. The van der Waals surface area contributed by atoms with Crippen molar-refractivity contribution < 1.29 is 45.4 Å². The predicted octanol–water partition coefficient (Wildman–Crippen LogP) is 2.71. The number of sulfonamides is 2. The van der Waals surface area contributed by atoms with Crippen molar-refractivity contribution in [2.75, 3.05) is 64.2 Å². The van der Waals surface area contributed by atoms with E-state index in [0.29, 0.717) is 50.5 Å². The molecule has 4 N–H and O–H groups in total. The Hall–Kier alpha value is -5.26. The van der Waals surface area contributed by atoms with Crippen LogP contribution in [-0.4, -0.2) is 136 Å². The van der Waals surface area contributed by atoms with Gasteiger partial charge in [-0.15, -0.1) is 0 Å². The largest absolute Gasteiger partial charge is 0.475 e. The molecule has 4 aliphatic carbocycles. The number of fused-ring (bicyclic) bond motifs is 6. The van der Waals surface area contributed by atoms with Gasteiger partial charge in [-0.2, -0.15) is 10.2 Å². The second-order valence-corrected chi connectivity index (χ2v) is 23.0. The first-order valence-electron chi connectivity index (χ1n) is 23.8. The molecular weight excluding hydrogens is 917 g/mol. The molecule has 2 saturated heterocycles. The van der Waals surface area contributed by atoms with Gasteiger partial charge < -0.3 is 29.6 Å². The lowest BCUT2D eigenvalue weighted by molar-refractivity contribution is -0.0687. The van der Waals surface area contributed by atoms with Crippen LogP contribution in [0.25, 0.3) is 0 Å². The van der Waals surface area contributed by atoms with E-state index in [0.717, 1.165) is 111 Å². The van der Waals surface area contributed by atoms with Gasteiger partial charge in [0.15, 0.2) is 9.79 Å². The number of hydrogen-bond acceptors (Lipinski definition) is 14. The number of benzene rings is 2. The number of urea groups is 2. The summed E-state index contributed by atoms with van der Waals surface area (Å²) in [6, 6.07) is 2.96. The molecule has 12 rings (SSSR count). The van der Waals surface area contributed by atoms with E-state index in [9.17, 15) is 26.4 Å². The summed E-state index contributed by atoms with van der Waals surface area (Å²) >= 11 is 0. The summed E-state index contributed by atoms with van der Waals surface area (Å²) < 4.78 is 85.2. The highest BCUT2D eigenvalue weighted by atomic mass is 32.2. The number of nitrogens with zero attached hydrogens (tertiary/aromatic N) is 6. The Labute approximate surface area is 394 Å². The monoisotopic (exact) mass is 972 g/mol. The van der Waals surface area contributed by atoms with Crippen molar-refractivity contribution in [2.45, 2.75) is 117 Å². The SMILES string of the molecule is COC1CN([C@@H]2COc3c(S(=O)(=O)NC(=O)Nc4c5c(cc6c4CC(C4CCc7c4cc4c(c7NC(=O)NS(=O)(=O)c7cnn8c7OC[C@H](N7CC(OC)C7)C8)CCC4)C6)CCC5)cnn3C2)C1. The lowest BCUT2D eigenvalue weighted by Gasteiger charge is -2.44. The Bertz CT molecular complexity index is 2960. The van der Waals surface area contributed by atoms with Gasteiger partial charge >= 0.3 is 12.1 Å². The third kappa shape index (κ3) is 7.52. The third-order valence-electron chi connectivity index (χ3n) is 15.8. The van der Waals surface area contributed by atoms with E-state index in [2.05, 4.69) is 52.2 Å². The van der Waals surface area contributed by atoms with Crippen molar-refractivity contribution in [3.8, 4) is 11.8 Å². The number of methoxy groups -OCH3 is 2. The number of ether oxygens (including phenoxy) is 4. The van der Waals surface area contributed by atoms with Crippen molar-refractivity contribution in [1.82, 2.24) is 38.8 Å². The Balaban J connectivity index is 0.738. The quantitative estimate of drug-likeness (QED) is 0.170. The number of anilines is 2. The first-order chi connectivity index (χ1) is 32.8. The number of aryl methyl sites for hydroxylation is 2. The van der Waals surface area contributed by atoms with E-state index >= 15 is 0 Å². The maximum atomic E-state index is 13.8. The number of amides is 4. The number of carbonyl (C=O) groups is 2. The molecule has 22 heteroatoms. The first-order valence-corrected chi connectivity index (χ1v) is 26.7. The smallest absolute Gasteiger partial charge is 0.333 e. The summed E-state index contributed by atoms with van der Waals surface area (Å²) in [6.07, 6.45) is 11.0. The fourth-order valence-corrected chi connectivity index (χ4v) is 14.2. The van der Waals surface area contributed by atoms with E-state index in [1.807, 2.05) is 0 Å². The lowest BCUT2D eigenvalue weighted by atomic mass is 9.84. The van der Waals surface area contributed by atoms with Gasteiger partial charge in [0.05, 0.1) is 49.8 Å². The van der Waals surface area contributed by atoms with Crippen molar-refractivity contribution in [3.63, 3.8) is 0 Å². The van der Waals surface area contributed by atoms with Gasteiger partial charge in [-0.05, 0) is 121 Å². The van der Waals surface area contributed by atoms with Gasteiger partial charge in [0.25, 0.3) is 20.0 Å². The molecular formula is C46H56N10O10S2. The molecule has 6 heterocycles. The topological polar surface area (TPSA) is 230 Å². The molecule has 0 radical (unpaired) electrons. The standard InChI is InChI=1S/C46H56N10O10S2/c1-63-31-19-53(20-31)29-17-55-43(65-23-29)39(15-47-55)67(59,60)51-45(57)49-41-35-8-4-6-26(35)13-38-33(9-10-36(38)41)28-12-27-11-25-5-3-7-34(25)42(37(27)14-28)50-46(58)52-68(61,62)40-16-48-56-18-30(24-66-44(40)56)54-21-32(22-54)64-2/h11,13,15-16,28-33H,3-10,12,14,17-24H2,1-2H3,(H2,49,51,57)(H2,50,52,58)/t28?,29-,30+,33?/m1/s1. The molecule has 2 aromatic heterocycles. The summed E-state index contributed by atoms with van der Waals surface area (Å²) in [7, 11) is -5.30. The number of aromatic nitrogens is 4. The molecule has 4 aromatic rings. The molecule has 68 heavy (non-hydrogen) atoms. The van der Waals surface area contributed by atoms with Crippen LogP contribution in [0, 0.1) is 5.92 Å². The van der Waals surface area contributed by atoms with E-state index in [4.69, 9.17) is 18.9 Å². The molecule has 20 nitrogen and oxygen atoms in total. The normalized spacial score (nSPS) is 24.3. The first kappa shape index (κ1) is 44.0. The molecule has 4 atom stereocenters. The van der Waals surface area contributed by atoms with Crippen LogP contribution in [0.2, 0.25) is 0 Å². The zero-order valence-electron chi connectivity index (χ0n) is 38.1. The number of carbonyl (C=O) groups excluding carboxylic acids is 2. The van der Waals surface area contributed by atoms with Crippen molar-refractivity contribution >= 4 is 43.5 Å². The fraction of sp³-hybridized carbons (Fsp3) is 0.565. The molecule has 0 bridgehead atoms. The average Bonchev–Trinajstić information content (AvgIpc) is 4.13. The molecule has 2 fully saturated rings. The van der Waals surface area contributed by atoms with Gasteiger partial charge in [-0.1, -0.05) is 12.1 Å². The lowest BCUT2D eigenvalue weighted by Crippen LogP contribution is -2.59. The Kier molecular flexibility index (Phi) is 10.8. The van der Waals surface area contributed by atoms with E-state index in [1.165, 1.54) is 32.9 Å². The minimum Gasteiger partial charge on any atom is -0.475 e. The minimum atomic E-state index is -4.34. The maximum Gasteiger partial charge on any atom is 0.333 e. The van der Waals surface area contributed by atoms with Gasteiger partial charge in [-0.25, -0.2) is 45.2 Å². The molecule has 0 saturated carbocycles. The van der Waals surface area contributed by atoms with Crippen molar-refractivity contribution in [3.05, 3.63) is 69.0 Å². The van der Waals surface area contributed by atoms with E-state index in [-0.39, 0.29) is 57.7 Å². The van der Waals surface area contributed by atoms with Gasteiger partial charge in [0.1, 0.15) is 13.2 Å². The van der Waals surface area contributed by atoms with Crippen LogP contribution in [0.5, 0.6) is 11.8 Å². The summed E-state index contributed by atoms with van der Waals surface area (Å²) in [5.41, 5.74) is 10.2. The average molecular weight is 973 g/mol. The van der Waals surface area contributed by atoms with Crippen LogP contribution < -0.4 is 29.6 Å². The van der Waals surface area contributed by atoms with Crippen LogP contribution in [-0.2, 0) is 87.6 Å². The maximum absolute atomic E-state index is 13.8. The zero-order valence-corrected chi connectivity index (χ0v) is 39.7. The van der Waals surface area contributed by atoms with Gasteiger partial charge in [0, 0.05) is 51.8 Å². The molecule has 2 unspecified atom stereocenters. The number of rotatable bonds is 11. The highest BCUT2D eigenvalue weighted by Gasteiger charge is 2.42. The summed E-state index contributed by atoms with van der Waals surface area (Å²) in [5, 5.41) is 14.6. The van der Waals surface area contributed by atoms with E-state index < -0.39 is 32.1 Å². The summed E-state index contributed by atoms with van der Waals surface area (Å²) in [6.45, 7) is 4.62. The molecule has 4 aliphatic heterocycles. The third-order valence-corrected chi connectivity index (χ3v) is 18.5. The molecule has 4 amide bonds. The number of likely N-dealkylation sites (tertiary alicyclic amines) is 2. The second-order valence-electron chi connectivity index (χ2n) is 19.7. The number of hydrogen-bond donors (Lipinski definition) is 4. The van der Waals surface area contributed by atoms with Crippen LogP contribution in [0.3, 0.4) is 0 Å². The molecule has 2 aromatic carbocycles. The van der Waals surface area contributed by atoms with Crippen molar-refractivity contribution in [2.24, 2.45) is 5.92 Å². The highest BCUT2D eigenvalue weighted by Crippen LogP contribution is 2.51. The summed E-state index contributed by atoms with van der Waals surface area (Å²) in [5.74, 6) is 0.568. The fourth-order valence-electron chi connectivity index (χ4n) is 12.2. The van der Waals surface area contributed by atoms with Crippen LogP contribution in [0.4, 0.5) is 21.0 Å². The highest BCUT2D eigenvalue weighted by molar-refractivity contribution is 7.90. The Morgan fingerprint density at radius 2 is 1.15 bits per heavy atom. The second kappa shape index (κ2) is 16.7. The Morgan fingerprint density at radius 3 is 1.68 bits per heavy atom. The zero-order chi connectivity index (χ0) is 46.6. The molecule has 0 spiro atoms. The van der Waals surface area contributed by atoms with Gasteiger partial charge in [-0.3, -0.25) is 9.80 Å². The predicted molar refractivity (Wildman–Crippen MR) is 245 cm³/mol.